The molecule has 0 bridgehead atoms. The van der Waals surface area contributed by atoms with Crippen molar-refractivity contribution in [3.8, 4) is 5.75 Å². The van der Waals surface area contributed by atoms with Crippen LogP contribution in [-0.4, -0.2) is 30.4 Å². The number of hydrogen-bond acceptors (Lipinski definition) is 4. The Morgan fingerprint density at radius 2 is 2.04 bits per heavy atom. The number of rotatable bonds is 6. The highest BCUT2D eigenvalue weighted by Gasteiger charge is 2.21. The molecular weight excluding hydrogens is 366 g/mol. The number of anilines is 1. The number of nitrogens with zero attached hydrogens (tertiary/aromatic N) is 1. The van der Waals surface area contributed by atoms with E-state index in [9.17, 15) is 9.59 Å². The number of likely N-dealkylation sites (tertiary alicyclic amines) is 1. The van der Waals surface area contributed by atoms with Crippen LogP contribution in [0.25, 0.3) is 0 Å². The summed E-state index contributed by atoms with van der Waals surface area (Å²) in [6.45, 7) is 1.67. The minimum atomic E-state index is -0.305. The van der Waals surface area contributed by atoms with Crippen molar-refractivity contribution in [2.24, 2.45) is 0 Å². The molecule has 2 aromatic rings. The van der Waals surface area contributed by atoms with E-state index in [-0.39, 0.29) is 11.8 Å². The molecule has 3 rings (SSSR count). The Kier molecular flexibility index (Phi) is 5.86. The molecular formula is C20H22ClN3O3. The normalized spacial score (nSPS) is 13.7. The van der Waals surface area contributed by atoms with Crippen molar-refractivity contribution >= 4 is 29.1 Å². The molecule has 0 spiro atoms. The first-order valence-electron chi connectivity index (χ1n) is 8.75. The first-order valence-corrected chi connectivity index (χ1v) is 9.13. The molecule has 0 atom stereocenters. The number of halogens is 1. The third-order valence-corrected chi connectivity index (χ3v) is 4.98. The van der Waals surface area contributed by atoms with Crippen LogP contribution < -0.4 is 15.8 Å². The molecule has 1 heterocycles. The number of nitrogen functional groups attached to an aromatic ring is 1. The van der Waals surface area contributed by atoms with Crippen molar-refractivity contribution in [3.63, 3.8) is 0 Å². The first-order chi connectivity index (χ1) is 13.0. The van der Waals surface area contributed by atoms with Crippen molar-refractivity contribution in [1.29, 1.82) is 0 Å². The van der Waals surface area contributed by atoms with Crippen LogP contribution in [0.4, 0.5) is 5.69 Å². The van der Waals surface area contributed by atoms with Crippen molar-refractivity contribution in [1.82, 2.24) is 10.2 Å². The predicted molar refractivity (Wildman–Crippen MR) is 105 cm³/mol. The van der Waals surface area contributed by atoms with Gasteiger partial charge in [-0.05, 0) is 23.6 Å². The zero-order valence-electron chi connectivity index (χ0n) is 15.1. The standard InChI is InChI=1S/C20H22ClN3O3/c1-27-18-10-17(22)16(21)9-15(18)20(26)23-11-13-5-2-3-6-14(13)12-24-8-4-7-19(24)25/h2-3,5-6,9-10H,4,7-8,11-12,22H2,1H3,(H,23,26). The maximum atomic E-state index is 12.6. The van der Waals surface area contributed by atoms with E-state index in [1.807, 2.05) is 29.2 Å². The molecule has 1 aliphatic heterocycles. The molecule has 142 valence electrons. The number of ether oxygens (including phenoxy) is 1. The van der Waals surface area contributed by atoms with Gasteiger partial charge in [0.1, 0.15) is 5.75 Å². The van der Waals surface area contributed by atoms with Crippen molar-refractivity contribution < 1.29 is 14.3 Å². The summed E-state index contributed by atoms with van der Waals surface area (Å²) in [4.78, 5) is 26.4. The van der Waals surface area contributed by atoms with E-state index in [0.717, 1.165) is 24.1 Å². The van der Waals surface area contributed by atoms with E-state index in [2.05, 4.69) is 5.32 Å². The lowest BCUT2D eigenvalue weighted by Crippen LogP contribution is -2.27. The van der Waals surface area contributed by atoms with Crippen LogP contribution in [0.1, 0.15) is 34.3 Å². The van der Waals surface area contributed by atoms with E-state index < -0.39 is 0 Å². The molecule has 0 radical (unpaired) electrons. The van der Waals surface area contributed by atoms with Gasteiger partial charge in [-0.3, -0.25) is 9.59 Å². The zero-order valence-corrected chi connectivity index (χ0v) is 15.9. The largest absolute Gasteiger partial charge is 0.496 e. The molecule has 0 saturated carbocycles. The number of nitrogens with one attached hydrogen (secondary N) is 1. The van der Waals surface area contributed by atoms with Crippen LogP contribution in [0.5, 0.6) is 5.75 Å². The zero-order chi connectivity index (χ0) is 19.4. The molecule has 6 nitrogen and oxygen atoms in total. The summed E-state index contributed by atoms with van der Waals surface area (Å²) in [6.07, 6.45) is 1.51. The Balaban J connectivity index is 1.73. The van der Waals surface area contributed by atoms with Crippen LogP contribution in [0.2, 0.25) is 5.02 Å². The Hall–Kier alpha value is -2.73. The monoisotopic (exact) mass is 387 g/mol. The average molecular weight is 388 g/mol. The number of benzene rings is 2. The lowest BCUT2D eigenvalue weighted by Gasteiger charge is -2.18. The Morgan fingerprint density at radius 1 is 1.30 bits per heavy atom. The van der Waals surface area contributed by atoms with Gasteiger partial charge in [-0.25, -0.2) is 0 Å². The van der Waals surface area contributed by atoms with Gasteiger partial charge >= 0.3 is 0 Å². The number of nitrogens with two attached hydrogens (primary N) is 1. The summed E-state index contributed by atoms with van der Waals surface area (Å²) < 4.78 is 5.23. The highest BCUT2D eigenvalue weighted by molar-refractivity contribution is 6.33. The van der Waals surface area contributed by atoms with Gasteiger partial charge in [0.2, 0.25) is 5.91 Å². The molecule has 1 fully saturated rings. The lowest BCUT2D eigenvalue weighted by atomic mass is 10.1. The van der Waals surface area contributed by atoms with E-state index in [4.69, 9.17) is 22.1 Å². The Morgan fingerprint density at radius 3 is 2.70 bits per heavy atom. The molecule has 3 N–H and O–H groups in total. The molecule has 1 saturated heterocycles. The predicted octanol–water partition coefficient (Wildman–Crippen LogP) is 2.98. The second kappa shape index (κ2) is 8.31. The Labute approximate surface area is 163 Å². The van der Waals surface area contributed by atoms with Gasteiger partial charge < -0.3 is 20.7 Å². The number of carbonyl (C=O) groups excluding carboxylic acids is 2. The van der Waals surface area contributed by atoms with Gasteiger partial charge in [-0.1, -0.05) is 35.9 Å². The van der Waals surface area contributed by atoms with Gasteiger partial charge in [-0.15, -0.1) is 0 Å². The fourth-order valence-corrected chi connectivity index (χ4v) is 3.31. The molecule has 0 aromatic heterocycles. The fourth-order valence-electron chi connectivity index (χ4n) is 3.15. The van der Waals surface area contributed by atoms with Crippen LogP contribution in [0.15, 0.2) is 36.4 Å². The minimum absolute atomic E-state index is 0.176. The summed E-state index contributed by atoms with van der Waals surface area (Å²) in [5.41, 5.74) is 8.43. The summed E-state index contributed by atoms with van der Waals surface area (Å²) in [7, 11) is 1.47. The van der Waals surface area contributed by atoms with Crippen LogP contribution in [0.3, 0.4) is 0 Å². The van der Waals surface area contributed by atoms with Crippen molar-refractivity contribution in [3.05, 3.63) is 58.1 Å². The highest BCUT2D eigenvalue weighted by Crippen LogP contribution is 2.29. The van der Waals surface area contributed by atoms with E-state index in [0.29, 0.717) is 41.5 Å². The SMILES string of the molecule is COc1cc(N)c(Cl)cc1C(=O)NCc1ccccc1CN1CCCC1=O. The smallest absolute Gasteiger partial charge is 0.255 e. The quantitative estimate of drug-likeness (QED) is 0.746. The van der Waals surface area contributed by atoms with Gasteiger partial charge in [0.15, 0.2) is 0 Å². The number of methoxy groups -OCH3 is 1. The van der Waals surface area contributed by atoms with Crippen molar-refractivity contribution in [2.45, 2.75) is 25.9 Å². The lowest BCUT2D eigenvalue weighted by molar-refractivity contribution is -0.128. The van der Waals surface area contributed by atoms with Gasteiger partial charge in [0.25, 0.3) is 5.91 Å². The maximum absolute atomic E-state index is 12.6. The highest BCUT2D eigenvalue weighted by atomic mass is 35.5. The first kappa shape index (κ1) is 19.0. The van der Waals surface area contributed by atoms with Gasteiger partial charge in [-0.2, -0.15) is 0 Å². The summed E-state index contributed by atoms with van der Waals surface area (Å²) >= 11 is 6.04. The number of hydrogen-bond donors (Lipinski definition) is 2. The second-order valence-corrected chi connectivity index (χ2v) is 6.85. The van der Waals surface area contributed by atoms with Crippen molar-refractivity contribution in [2.75, 3.05) is 19.4 Å². The molecule has 27 heavy (non-hydrogen) atoms. The number of carbonyl (C=O) groups is 2. The molecule has 2 amide bonds. The molecule has 1 aliphatic rings. The summed E-state index contributed by atoms with van der Waals surface area (Å²) in [5, 5.41) is 3.19. The molecule has 0 aliphatic carbocycles. The molecule has 0 unspecified atom stereocenters. The topological polar surface area (TPSA) is 84.7 Å². The van der Waals surface area contributed by atoms with Gasteiger partial charge in [0.05, 0.1) is 23.4 Å². The molecule has 7 heteroatoms. The fraction of sp³-hybridized carbons (Fsp3) is 0.300. The average Bonchev–Trinajstić information content (AvgIpc) is 3.07. The minimum Gasteiger partial charge on any atom is -0.496 e. The number of amides is 2. The molecule has 2 aromatic carbocycles. The summed E-state index contributed by atoms with van der Waals surface area (Å²) in [6, 6.07) is 10.8. The maximum Gasteiger partial charge on any atom is 0.255 e. The summed E-state index contributed by atoms with van der Waals surface area (Å²) in [5.74, 6) is 0.237. The van der Waals surface area contributed by atoms with E-state index in [1.54, 1.807) is 0 Å². The van der Waals surface area contributed by atoms with Crippen LogP contribution in [-0.2, 0) is 17.9 Å². The van der Waals surface area contributed by atoms with Crippen LogP contribution >= 0.6 is 11.6 Å². The Bertz CT molecular complexity index is 870. The van der Waals surface area contributed by atoms with Crippen LogP contribution in [0, 0.1) is 0 Å². The third-order valence-electron chi connectivity index (χ3n) is 4.65. The third kappa shape index (κ3) is 4.34. The second-order valence-electron chi connectivity index (χ2n) is 6.44. The van der Waals surface area contributed by atoms with E-state index in [1.165, 1.54) is 19.2 Å². The van der Waals surface area contributed by atoms with E-state index >= 15 is 0 Å². The van der Waals surface area contributed by atoms with Gasteiger partial charge in [0, 0.05) is 32.1 Å².